The molecule has 0 amide bonds. The topological polar surface area (TPSA) is 65.0 Å². The van der Waals surface area contributed by atoms with Gasteiger partial charge in [0.2, 0.25) is 0 Å². The van der Waals surface area contributed by atoms with Gasteiger partial charge in [-0.25, -0.2) is 4.79 Å². The molecule has 27 heavy (non-hydrogen) atoms. The van der Waals surface area contributed by atoms with Gasteiger partial charge in [0.15, 0.2) is 5.79 Å². The summed E-state index contributed by atoms with van der Waals surface area (Å²) in [5.74, 6) is -0.281. The Balaban J connectivity index is 1.68. The van der Waals surface area contributed by atoms with Crippen molar-refractivity contribution in [3.63, 3.8) is 0 Å². The number of aliphatic hydroxyl groups excluding tert-OH is 1. The molecule has 5 heteroatoms. The van der Waals surface area contributed by atoms with E-state index in [0.717, 1.165) is 37.7 Å². The number of carbonyl (C=O) groups excluding carboxylic acids is 1. The highest BCUT2D eigenvalue weighted by molar-refractivity contribution is 5.89. The van der Waals surface area contributed by atoms with Gasteiger partial charge in [0, 0.05) is 17.8 Å². The van der Waals surface area contributed by atoms with Crippen molar-refractivity contribution >= 4 is 5.97 Å². The summed E-state index contributed by atoms with van der Waals surface area (Å²) in [6, 6.07) is 7.68. The van der Waals surface area contributed by atoms with Crippen LogP contribution < -0.4 is 0 Å². The fourth-order valence-electron chi connectivity index (χ4n) is 5.82. The minimum absolute atomic E-state index is 0.216. The van der Waals surface area contributed by atoms with Crippen molar-refractivity contribution in [2.75, 3.05) is 19.8 Å². The maximum atomic E-state index is 12.0. The van der Waals surface area contributed by atoms with E-state index in [1.165, 1.54) is 0 Å². The first-order valence-electron chi connectivity index (χ1n) is 10.3. The van der Waals surface area contributed by atoms with Gasteiger partial charge in [-0.15, -0.1) is 0 Å². The Morgan fingerprint density at radius 1 is 1.19 bits per heavy atom. The molecule has 0 aromatic heterocycles. The van der Waals surface area contributed by atoms with Crippen LogP contribution in [-0.4, -0.2) is 42.8 Å². The summed E-state index contributed by atoms with van der Waals surface area (Å²) in [4.78, 5) is 12.0. The molecule has 2 aliphatic carbocycles. The number of fused-ring (bicyclic) bond motifs is 1. The molecule has 1 spiro atoms. The number of aliphatic hydroxyl groups is 1. The number of rotatable bonds is 3. The largest absolute Gasteiger partial charge is 0.462 e. The number of esters is 1. The van der Waals surface area contributed by atoms with Crippen LogP contribution in [0.25, 0.3) is 0 Å². The average molecular weight is 374 g/mol. The van der Waals surface area contributed by atoms with Crippen molar-refractivity contribution in [2.24, 2.45) is 11.8 Å². The zero-order chi connectivity index (χ0) is 19.1. The molecule has 3 fully saturated rings. The van der Waals surface area contributed by atoms with E-state index in [2.05, 4.69) is 6.92 Å². The van der Waals surface area contributed by atoms with Crippen LogP contribution in [0.2, 0.25) is 0 Å². The third-order valence-corrected chi connectivity index (χ3v) is 7.14. The summed E-state index contributed by atoms with van der Waals surface area (Å²) in [6.07, 6.45) is 4.15. The summed E-state index contributed by atoms with van der Waals surface area (Å²) in [7, 11) is 0. The van der Waals surface area contributed by atoms with Gasteiger partial charge in [0.25, 0.3) is 0 Å². The first-order chi connectivity index (χ1) is 13.0. The zero-order valence-electron chi connectivity index (χ0n) is 16.3. The van der Waals surface area contributed by atoms with E-state index in [4.69, 9.17) is 14.2 Å². The smallest absolute Gasteiger partial charge is 0.338 e. The lowest BCUT2D eigenvalue weighted by molar-refractivity contribution is -0.246. The van der Waals surface area contributed by atoms with Crippen LogP contribution in [0.15, 0.2) is 24.3 Å². The van der Waals surface area contributed by atoms with Crippen LogP contribution in [0.1, 0.15) is 61.9 Å². The quantitative estimate of drug-likeness (QED) is 0.821. The van der Waals surface area contributed by atoms with Crippen LogP contribution in [0.4, 0.5) is 0 Å². The highest BCUT2D eigenvalue weighted by Gasteiger charge is 2.60. The second-order valence-corrected chi connectivity index (χ2v) is 8.19. The van der Waals surface area contributed by atoms with Gasteiger partial charge >= 0.3 is 5.97 Å². The van der Waals surface area contributed by atoms with E-state index in [1.807, 2.05) is 24.3 Å². The third kappa shape index (κ3) is 2.91. The van der Waals surface area contributed by atoms with Crippen molar-refractivity contribution in [3.8, 4) is 0 Å². The molecular formula is C22H30O5. The standard InChI is InChI=1S/C22H30O5/c1-3-25-20(24)16-7-9-17(10-8-16)21-11-12-22(26-13-14-27-22)15(2)18(21)5-4-6-19(21)23/h7-10,15,18-19,23H,3-6,11-14H2,1-2H3/t15-,18+,19-,21-/m0/s1. The Bertz CT molecular complexity index is 678. The Labute approximate surface area is 161 Å². The first-order valence-corrected chi connectivity index (χ1v) is 10.3. The number of hydrogen-bond acceptors (Lipinski definition) is 5. The Kier molecular flexibility index (Phi) is 5.04. The molecule has 1 aromatic rings. The maximum absolute atomic E-state index is 12.0. The number of ether oxygens (including phenoxy) is 3. The molecule has 1 saturated heterocycles. The molecule has 3 aliphatic rings. The first kappa shape index (κ1) is 18.9. The molecule has 0 bridgehead atoms. The van der Waals surface area contributed by atoms with Gasteiger partial charge in [-0.05, 0) is 49.8 Å². The molecular weight excluding hydrogens is 344 g/mol. The van der Waals surface area contributed by atoms with Gasteiger partial charge in [0.1, 0.15) is 0 Å². The van der Waals surface area contributed by atoms with Gasteiger partial charge in [-0.3, -0.25) is 0 Å². The van der Waals surface area contributed by atoms with E-state index in [1.54, 1.807) is 6.92 Å². The lowest BCUT2D eigenvalue weighted by atomic mass is 9.51. The van der Waals surface area contributed by atoms with Crippen LogP contribution >= 0.6 is 0 Å². The van der Waals surface area contributed by atoms with Crippen molar-refractivity contribution in [1.82, 2.24) is 0 Å². The van der Waals surface area contributed by atoms with E-state index in [0.29, 0.717) is 31.3 Å². The Hall–Kier alpha value is -1.43. The van der Waals surface area contributed by atoms with E-state index >= 15 is 0 Å². The predicted molar refractivity (Wildman–Crippen MR) is 100 cm³/mol. The summed E-state index contributed by atoms with van der Waals surface area (Å²) < 4.78 is 17.2. The van der Waals surface area contributed by atoms with Crippen molar-refractivity contribution in [1.29, 1.82) is 0 Å². The van der Waals surface area contributed by atoms with Crippen LogP contribution in [0.5, 0.6) is 0 Å². The van der Waals surface area contributed by atoms with Gasteiger partial charge in [-0.2, -0.15) is 0 Å². The van der Waals surface area contributed by atoms with Crippen LogP contribution in [0.3, 0.4) is 0 Å². The summed E-state index contributed by atoms with van der Waals surface area (Å²) in [6.45, 7) is 5.70. The molecule has 4 rings (SSSR count). The third-order valence-electron chi connectivity index (χ3n) is 7.14. The molecule has 4 atom stereocenters. The number of carbonyl (C=O) groups is 1. The Morgan fingerprint density at radius 2 is 1.89 bits per heavy atom. The Morgan fingerprint density at radius 3 is 2.56 bits per heavy atom. The molecule has 1 N–H and O–H groups in total. The molecule has 0 unspecified atom stereocenters. The SMILES string of the molecule is CCOC(=O)c1ccc([C@@]23CCC4(OCCO4)[C@@H](C)[C@H]2CCC[C@@H]3O)cc1. The van der Waals surface area contributed by atoms with E-state index in [9.17, 15) is 9.90 Å². The van der Waals surface area contributed by atoms with Crippen molar-refractivity contribution in [2.45, 2.75) is 63.3 Å². The molecule has 2 saturated carbocycles. The molecule has 148 valence electrons. The number of hydrogen-bond donors (Lipinski definition) is 1. The lowest BCUT2D eigenvalue weighted by Gasteiger charge is -2.57. The highest BCUT2D eigenvalue weighted by Crippen LogP contribution is 2.58. The minimum Gasteiger partial charge on any atom is -0.462 e. The van der Waals surface area contributed by atoms with E-state index in [-0.39, 0.29) is 23.4 Å². The highest BCUT2D eigenvalue weighted by atomic mass is 16.7. The van der Waals surface area contributed by atoms with Gasteiger partial charge in [0.05, 0.1) is 31.5 Å². The predicted octanol–water partition coefficient (Wildman–Crippen LogP) is 3.44. The molecule has 1 heterocycles. The van der Waals surface area contributed by atoms with Gasteiger partial charge in [-0.1, -0.05) is 25.5 Å². The fraction of sp³-hybridized carbons (Fsp3) is 0.682. The van der Waals surface area contributed by atoms with Crippen molar-refractivity contribution in [3.05, 3.63) is 35.4 Å². The molecule has 1 aromatic carbocycles. The van der Waals surface area contributed by atoms with Gasteiger partial charge < -0.3 is 19.3 Å². The fourth-order valence-corrected chi connectivity index (χ4v) is 5.82. The summed E-state index contributed by atoms with van der Waals surface area (Å²) in [5, 5.41) is 11.1. The molecule has 1 aliphatic heterocycles. The second kappa shape index (κ2) is 7.19. The summed E-state index contributed by atoms with van der Waals surface area (Å²) in [5.41, 5.74) is 1.37. The minimum atomic E-state index is -0.490. The van der Waals surface area contributed by atoms with Crippen LogP contribution in [0, 0.1) is 11.8 Å². The zero-order valence-corrected chi connectivity index (χ0v) is 16.3. The van der Waals surface area contributed by atoms with Crippen molar-refractivity contribution < 1.29 is 24.1 Å². The average Bonchev–Trinajstić information content (AvgIpc) is 3.16. The van der Waals surface area contributed by atoms with Crippen LogP contribution in [-0.2, 0) is 19.6 Å². The molecule has 5 nitrogen and oxygen atoms in total. The molecule has 0 radical (unpaired) electrons. The lowest BCUT2D eigenvalue weighted by Crippen LogP contribution is -2.60. The monoisotopic (exact) mass is 374 g/mol. The van der Waals surface area contributed by atoms with E-state index < -0.39 is 5.79 Å². The summed E-state index contributed by atoms with van der Waals surface area (Å²) >= 11 is 0. The normalized spacial score (nSPS) is 35.0. The second-order valence-electron chi connectivity index (χ2n) is 8.19. The maximum Gasteiger partial charge on any atom is 0.338 e. The number of benzene rings is 1.